The van der Waals surface area contributed by atoms with Crippen LogP contribution < -0.4 is 10.2 Å². The van der Waals surface area contributed by atoms with Crippen LogP contribution in [-0.4, -0.2) is 29.6 Å². The monoisotopic (exact) mass is 222 g/mol. The first kappa shape index (κ1) is 12.7. The Kier molecular flexibility index (Phi) is 4.10. The van der Waals surface area contributed by atoms with Gasteiger partial charge in [-0.2, -0.15) is 4.98 Å². The quantitative estimate of drug-likeness (QED) is 0.831. The molecular formula is C12H22N4. The second-order valence-corrected chi connectivity index (χ2v) is 4.53. The predicted octanol–water partition coefficient (Wildman–Crippen LogP) is 2.53. The van der Waals surface area contributed by atoms with E-state index in [-0.39, 0.29) is 5.54 Å². The van der Waals surface area contributed by atoms with Gasteiger partial charge in [-0.1, -0.05) is 13.8 Å². The maximum atomic E-state index is 4.46. The van der Waals surface area contributed by atoms with Gasteiger partial charge in [0.1, 0.15) is 5.82 Å². The molecule has 0 atom stereocenters. The third-order valence-electron chi connectivity index (χ3n) is 3.03. The van der Waals surface area contributed by atoms with Crippen LogP contribution in [0, 0.1) is 0 Å². The van der Waals surface area contributed by atoms with Crippen molar-refractivity contribution >= 4 is 11.8 Å². The van der Waals surface area contributed by atoms with E-state index in [1.54, 1.807) is 6.20 Å². The largest absolute Gasteiger partial charge is 0.365 e. The molecule has 0 aliphatic rings. The molecule has 16 heavy (non-hydrogen) atoms. The first-order chi connectivity index (χ1) is 7.50. The second-order valence-electron chi connectivity index (χ2n) is 4.53. The smallest absolute Gasteiger partial charge is 0.226 e. The summed E-state index contributed by atoms with van der Waals surface area (Å²) in [5.41, 5.74) is 0.109. The molecule has 1 N–H and O–H groups in total. The van der Waals surface area contributed by atoms with Crippen molar-refractivity contribution in [3.63, 3.8) is 0 Å². The molecule has 0 aliphatic heterocycles. The van der Waals surface area contributed by atoms with E-state index in [9.17, 15) is 0 Å². The summed E-state index contributed by atoms with van der Waals surface area (Å²) in [6.45, 7) is 6.58. The SMILES string of the molecule is CCC(C)(CC)Nc1ccnc(N(C)C)n1. The topological polar surface area (TPSA) is 41.1 Å². The summed E-state index contributed by atoms with van der Waals surface area (Å²) in [6.07, 6.45) is 3.94. The van der Waals surface area contributed by atoms with E-state index in [1.165, 1.54) is 0 Å². The fraction of sp³-hybridized carbons (Fsp3) is 0.667. The fourth-order valence-corrected chi connectivity index (χ4v) is 1.37. The van der Waals surface area contributed by atoms with Crippen molar-refractivity contribution in [2.45, 2.75) is 39.2 Å². The highest BCUT2D eigenvalue weighted by atomic mass is 15.2. The van der Waals surface area contributed by atoms with Crippen molar-refractivity contribution in [3.8, 4) is 0 Å². The average molecular weight is 222 g/mol. The molecule has 0 unspecified atom stereocenters. The first-order valence-corrected chi connectivity index (χ1v) is 5.79. The molecule has 4 nitrogen and oxygen atoms in total. The van der Waals surface area contributed by atoms with Crippen LogP contribution in [0.2, 0.25) is 0 Å². The van der Waals surface area contributed by atoms with Gasteiger partial charge in [0.2, 0.25) is 5.95 Å². The molecule has 0 bridgehead atoms. The van der Waals surface area contributed by atoms with Gasteiger partial charge in [0, 0.05) is 25.8 Å². The minimum Gasteiger partial charge on any atom is -0.365 e. The van der Waals surface area contributed by atoms with Crippen LogP contribution in [-0.2, 0) is 0 Å². The van der Waals surface area contributed by atoms with Crippen LogP contribution in [0.1, 0.15) is 33.6 Å². The second kappa shape index (κ2) is 5.14. The van der Waals surface area contributed by atoms with Crippen molar-refractivity contribution < 1.29 is 0 Å². The standard InChI is InChI=1S/C12H22N4/c1-6-12(3,7-2)15-10-8-9-13-11(14-10)16(4)5/h8-9H,6-7H2,1-5H3,(H,13,14,15). The van der Waals surface area contributed by atoms with E-state index in [2.05, 4.69) is 36.1 Å². The molecule has 90 valence electrons. The summed E-state index contributed by atoms with van der Waals surface area (Å²) in [6, 6.07) is 1.91. The zero-order chi connectivity index (χ0) is 12.2. The number of aromatic nitrogens is 2. The van der Waals surface area contributed by atoms with E-state index in [4.69, 9.17) is 0 Å². The van der Waals surface area contributed by atoms with Gasteiger partial charge in [0.15, 0.2) is 0 Å². The van der Waals surface area contributed by atoms with Gasteiger partial charge < -0.3 is 10.2 Å². The number of nitrogens with one attached hydrogen (secondary N) is 1. The van der Waals surface area contributed by atoms with Crippen LogP contribution in [0.5, 0.6) is 0 Å². The molecule has 0 saturated carbocycles. The van der Waals surface area contributed by atoms with Crippen LogP contribution in [0.3, 0.4) is 0 Å². The summed E-state index contributed by atoms with van der Waals surface area (Å²) in [4.78, 5) is 10.6. The molecule has 4 heteroatoms. The summed E-state index contributed by atoms with van der Waals surface area (Å²) >= 11 is 0. The Bertz CT molecular complexity index is 332. The number of hydrogen-bond donors (Lipinski definition) is 1. The van der Waals surface area contributed by atoms with Crippen LogP contribution in [0.4, 0.5) is 11.8 Å². The van der Waals surface area contributed by atoms with Crippen LogP contribution in [0.25, 0.3) is 0 Å². The minimum atomic E-state index is 0.109. The molecule has 0 spiro atoms. The number of hydrogen-bond acceptors (Lipinski definition) is 4. The van der Waals surface area contributed by atoms with E-state index >= 15 is 0 Å². The van der Waals surface area contributed by atoms with Crippen molar-refractivity contribution in [2.75, 3.05) is 24.3 Å². The van der Waals surface area contributed by atoms with Crippen molar-refractivity contribution in [1.82, 2.24) is 9.97 Å². The minimum absolute atomic E-state index is 0.109. The molecule has 0 radical (unpaired) electrons. The van der Waals surface area contributed by atoms with Crippen molar-refractivity contribution in [1.29, 1.82) is 0 Å². The molecule has 0 aromatic carbocycles. The Morgan fingerprint density at radius 1 is 1.31 bits per heavy atom. The zero-order valence-electron chi connectivity index (χ0n) is 10.9. The van der Waals surface area contributed by atoms with Gasteiger partial charge in [0.05, 0.1) is 0 Å². The van der Waals surface area contributed by atoms with Gasteiger partial charge in [0.25, 0.3) is 0 Å². The lowest BCUT2D eigenvalue weighted by Crippen LogP contribution is -2.33. The summed E-state index contributed by atoms with van der Waals surface area (Å²) < 4.78 is 0. The molecule has 1 heterocycles. The summed E-state index contributed by atoms with van der Waals surface area (Å²) in [5.74, 6) is 1.63. The van der Waals surface area contributed by atoms with E-state index in [0.29, 0.717) is 0 Å². The lowest BCUT2D eigenvalue weighted by molar-refractivity contribution is 0.476. The third-order valence-corrected chi connectivity index (χ3v) is 3.03. The summed E-state index contributed by atoms with van der Waals surface area (Å²) in [7, 11) is 3.88. The maximum absolute atomic E-state index is 4.46. The Labute approximate surface area is 98.1 Å². The van der Waals surface area contributed by atoms with E-state index in [0.717, 1.165) is 24.6 Å². The van der Waals surface area contributed by atoms with Gasteiger partial charge >= 0.3 is 0 Å². The summed E-state index contributed by atoms with van der Waals surface area (Å²) in [5, 5.41) is 3.47. The number of rotatable bonds is 5. The van der Waals surface area contributed by atoms with Gasteiger partial charge in [-0.15, -0.1) is 0 Å². The maximum Gasteiger partial charge on any atom is 0.226 e. The van der Waals surface area contributed by atoms with E-state index in [1.807, 2.05) is 25.1 Å². The third kappa shape index (κ3) is 3.08. The van der Waals surface area contributed by atoms with Gasteiger partial charge in [-0.05, 0) is 25.8 Å². The molecule has 1 aromatic rings. The first-order valence-electron chi connectivity index (χ1n) is 5.79. The Balaban J connectivity index is 2.85. The average Bonchev–Trinajstić information content (AvgIpc) is 2.29. The number of nitrogens with zero attached hydrogens (tertiary/aromatic N) is 3. The zero-order valence-corrected chi connectivity index (χ0v) is 10.9. The highest BCUT2D eigenvalue weighted by Gasteiger charge is 2.19. The van der Waals surface area contributed by atoms with Gasteiger partial charge in [-0.25, -0.2) is 4.98 Å². The normalized spacial score (nSPS) is 11.3. The fourth-order valence-electron chi connectivity index (χ4n) is 1.37. The molecule has 1 rings (SSSR count). The molecule has 0 aliphatic carbocycles. The van der Waals surface area contributed by atoms with E-state index < -0.39 is 0 Å². The van der Waals surface area contributed by atoms with Crippen LogP contribution >= 0.6 is 0 Å². The highest BCUT2D eigenvalue weighted by molar-refractivity contribution is 5.42. The predicted molar refractivity (Wildman–Crippen MR) is 69.0 cm³/mol. The Hall–Kier alpha value is -1.32. The van der Waals surface area contributed by atoms with Crippen LogP contribution in [0.15, 0.2) is 12.3 Å². The van der Waals surface area contributed by atoms with Crippen molar-refractivity contribution in [2.24, 2.45) is 0 Å². The van der Waals surface area contributed by atoms with Gasteiger partial charge in [-0.3, -0.25) is 0 Å². The molecule has 1 aromatic heterocycles. The number of anilines is 2. The molecule has 0 fully saturated rings. The van der Waals surface area contributed by atoms with Crippen molar-refractivity contribution in [3.05, 3.63) is 12.3 Å². The highest BCUT2D eigenvalue weighted by Crippen LogP contribution is 2.20. The Morgan fingerprint density at radius 2 is 1.94 bits per heavy atom. The lowest BCUT2D eigenvalue weighted by Gasteiger charge is -2.29. The molecular weight excluding hydrogens is 200 g/mol. The molecule has 0 amide bonds. The lowest BCUT2D eigenvalue weighted by atomic mass is 9.96. The molecule has 0 saturated heterocycles. The Morgan fingerprint density at radius 3 is 2.44 bits per heavy atom.